The van der Waals surface area contributed by atoms with Gasteiger partial charge in [-0.05, 0) is 17.7 Å². The summed E-state index contributed by atoms with van der Waals surface area (Å²) in [5.74, 6) is 0. The summed E-state index contributed by atoms with van der Waals surface area (Å²) in [6.45, 7) is 0. The van der Waals surface area contributed by atoms with Gasteiger partial charge in [0.2, 0.25) is 0 Å². The molecule has 0 radical (unpaired) electrons. The molecule has 112 valence electrons. The molecule has 0 aliphatic rings. The number of benzene rings is 1. The summed E-state index contributed by atoms with van der Waals surface area (Å²) >= 11 is 6.29. The number of nitrogens with zero attached hydrogens (tertiary/aromatic N) is 3. The first-order chi connectivity index (χ1) is 11.3. The lowest BCUT2D eigenvalue weighted by atomic mass is 10.0. The molecule has 1 N–H and O–H groups in total. The summed E-state index contributed by atoms with van der Waals surface area (Å²) in [5.41, 5.74) is 5.70. The number of aromatic nitrogens is 4. The van der Waals surface area contributed by atoms with Gasteiger partial charge in [0.25, 0.3) is 0 Å². The Hall–Kier alpha value is -2.72. The molecule has 0 saturated carbocycles. The molecule has 0 unspecified atom stereocenters. The van der Waals surface area contributed by atoms with Crippen molar-refractivity contribution in [3.8, 4) is 11.3 Å². The van der Waals surface area contributed by atoms with E-state index in [0.717, 1.165) is 34.4 Å². The molecule has 0 saturated heterocycles. The van der Waals surface area contributed by atoms with E-state index in [1.807, 2.05) is 30.3 Å². The molecule has 4 aromatic rings. The Labute approximate surface area is 138 Å². The molecule has 0 aliphatic carbocycles. The van der Waals surface area contributed by atoms with Gasteiger partial charge >= 0.3 is 0 Å². The number of fused-ring (bicyclic) bond motifs is 1. The maximum absolute atomic E-state index is 6.29. The van der Waals surface area contributed by atoms with Crippen molar-refractivity contribution in [2.45, 2.75) is 6.42 Å². The second-order valence-electron chi connectivity index (χ2n) is 5.24. The second-order valence-corrected chi connectivity index (χ2v) is 5.59. The number of pyridine rings is 1. The fraction of sp³-hybridized carbons (Fsp3) is 0.0556. The largest absolute Gasteiger partial charge is 0.338 e. The van der Waals surface area contributed by atoms with Crippen LogP contribution in [-0.2, 0) is 6.42 Å². The number of aromatic amines is 1. The standard InChI is InChI=1S/C18H13ClN4/c19-17-13(7-4-8-21-17)15-14(11-12-5-2-1-3-6-12)16-18(23-15)22-10-9-20-16/h1-10H,11H2,(H,22,23). The Morgan fingerprint density at radius 2 is 1.70 bits per heavy atom. The Bertz CT molecular complexity index is 963. The highest BCUT2D eigenvalue weighted by Crippen LogP contribution is 2.33. The van der Waals surface area contributed by atoms with Gasteiger partial charge < -0.3 is 4.98 Å². The highest BCUT2D eigenvalue weighted by Gasteiger charge is 2.17. The highest BCUT2D eigenvalue weighted by atomic mass is 35.5. The van der Waals surface area contributed by atoms with Crippen LogP contribution < -0.4 is 0 Å². The lowest BCUT2D eigenvalue weighted by molar-refractivity contribution is 1.19. The third-order valence-electron chi connectivity index (χ3n) is 3.78. The van der Waals surface area contributed by atoms with Crippen molar-refractivity contribution in [2.24, 2.45) is 0 Å². The molecule has 4 nitrogen and oxygen atoms in total. The molecule has 0 atom stereocenters. The Morgan fingerprint density at radius 1 is 0.870 bits per heavy atom. The molecule has 0 bridgehead atoms. The van der Waals surface area contributed by atoms with Crippen LogP contribution in [0.3, 0.4) is 0 Å². The average molecular weight is 321 g/mol. The van der Waals surface area contributed by atoms with Crippen molar-refractivity contribution in [3.63, 3.8) is 0 Å². The fourth-order valence-electron chi connectivity index (χ4n) is 2.74. The molecular weight excluding hydrogens is 308 g/mol. The molecule has 0 fully saturated rings. The van der Waals surface area contributed by atoms with Crippen LogP contribution in [0.25, 0.3) is 22.4 Å². The number of halogens is 1. The molecule has 3 heterocycles. The van der Waals surface area contributed by atoms with Crippen LogP contribution in [0.1, 0.15) is 11.1 Å². The molecule has 0 aliphatic heterocycles. The summed E-state index contributed by atoms with van der Waals surface area (Å²) in [4.78, 5) is 16.4. The van der Waals surface area contributed by atoms with Crippen LogP contribution in [0.4, 0.5) is 0 Å². The van der Waals surface area contributed by atoms with Gasteiger partial charge in [-0.25, -0.2) is 9.97 Å². The van der Waals surface area contributed by atoms with Gasteiger partial charge in [0, 0.05) is 36.1 Å². The highest BCUT2D eigenvalue weighted by molar-refractivity contribution is 6.32. The summed E-state index contributed by atoms with van der Waals surface area (Å²) < 4.78 is 0. The van der Waals surface area contributed by atoms with E-state index in [4.69, 9.17) is 11.6 Å². The predicted molar refractivity (Wildman–Crippen MR) is 91.4 cm³/mol. The quantitative estimate of drug-likeness (QED) is 0.574. The molecule has 23 heavy (non-hydrogen) atoms. The van der Waals surface area contributed by atoms with Gasteiger partial charge in [-0.3, -0.25) is 4.98 Å². The van der Waals surface area contributed by atoms with Crippen molar-refractivity contribution in [1.82, 2.24) is 19.9 Å². The van der Waals surface area contributed by atoms with E-state index < -0.39 is 0 Å². The van der Waals surface area contributed by atoms with E-state index >= 15 is 0 Å². The first-order valence-electron chi connectivity index (χ1n) is 7.29. The molecule has 5 heteroatoms. The average Bonchev–Trinajstić information content (AvgIpc) is 2.95. The van der Waals surface area contributed by atoms with Gasteiger partial charge in [-0.2, -0.15) is 0 Å². The van der Waals surface area contributed by atoms with Gasteiger partial charge in [-0.15, -0.1) is 0 Å². The van der Waals surface area contributed by atoms with Crippen molar-refractivity contribution in [3.05, 3.63) is 77.3 Å². The fourth-order valence-corrected chi connectivity index (χ4v) is 2.95. The van der Waals surface area contributed by atoms with Crippen molar-refractivity contribution < 1.29 is 0 Å². The van der Waals surface area contributed by atoms with Crippen LogP contribution in [0.5, 0.6) is 0 Å². The van der Waals surface area contributed by atoms with E-state index in [-0.39, 0.29) is 0 Å². The monoisotopic (exact) mass is 320 g/mol. The first kappa shape index (κ1) is 13.9. The Balaban J connectivity index is 1.93. The summed E-state index contributed by atoms with van der Waals surface area (Å²) in [7, 11) is 0. The van der Waals surface area contributed by atoms with Crippen LogP contribution in [0.15, 0.2) is 61.1 Å². The zero-order valence-electron chi connectivity index (χ0n) is 12.2. The van der Waals surface area contributed by atoms with Crippen molar-refractivity contribution in [1.29, 1.82) is 0 Å². The topological polar surface area (TPSA) is 54.5 Å². The van der Waals surface area contributed by atoms with E-state index in [2.05, 4.69) is 32.1 Å². The van der Waals surface area contributed by atoms with E-state index in [9.17, 15) is 0 Å². The summed E-state index contributed by atoms with van der Waals surface area (Å²) in [6, 6.07) is 14.1. The molecule has 0 amide bonds. The molecule has 1 aromatic carbocycles. The zero-order chi connectivity index (χ0) is 15.6. The minimum atomic E-state index is 0.466. The predicted octanol–water partition coefficient (Wildman–Crippen LogP) is 4.26. The number of hydrogen-bond donors (Lipinski definition) is 1. The normalized spacial score (nSPS) is 11.0. The lowest BCUT2D eigenvalue weighted by Crippen LogP contribution is -1.92. The maximum atomic E-state index is 6.29. The van der Waals surface area contributed by atoms with Crippen molar-refractivity contribution >= 4 is 22.8 Å². The van der Waals surface area contributed by atoms with E-state index in [1.54, 1.807) is 18.6 Å². The zero-order valence-corrected chi connectivity index (χ0v) is 13.0. The minimum absolute atomic E-state index is 0.466. The summed E-state index contributed by atoms with van der Waals surface area (Å²) in [5, 5.41) is 0.466. The van der Waals surface area contributed by atoms with E-state index in [0.29, 0.717) is 5.15 Å². The number of hydrogen-bond acceptors (Lipinski definition) is 3. The third-order valence-corrected chi connectivity index (χ3v) is 4.08. The van der Waals surface area contributed by atoms with Crippen LogP contribution in [0.2, 0.25) is 5.15 Å². The number of rotatable bonds is 3. The Kier molecular flexibility index (Phi) is 3.52. The summed E-state index contributed by atoms with van der Waals surface area (Å²) in [6.07, 6.45) is 5.82. The van der Waals surface area contributed by atoms with Gasteiger partial charge in [0.05, 0.1) is 5.69 Å². The molecule has 3 aromatic heterocycles. The third kappa shape index (κ3) is 2.58. The smallest absolute Gasteiger partial charge is 0.156 e. The number of nitrogens with one attached hydrogen (secondary N) is 1. The van der Waals surface area contributed by atoms with Crippen molar-refractivity contribution in [2.75, 3.05) is 0 Å². The van der Waals surface area contributed by atoms with Crippen LogP contribution in [0, 0.1) is 0 Å². The molecule has 4 rings (SSSR count). The first-order valence-corrected chi connectivity index (χ1v) is 7.67. The van der Waals surface area contributed by atoms with E-state index in [1.165, 1.54) is 5.56 Å². The van der Waals surface area contributed by atoms with Crippen LogP contribution in [-0.4, -0.2) is 19.9 Å². The van der Waals surface area contributed by atoms with Gasteiger partial charge in [-0.1, -0.05) is 41.9 Å². The SMILES string of the molecule is Clc1ncccc1-c1[nH]c2nccnc2c1Cc1ccccc1. The second kappa shape index (κ2) is 5.82. The van der Waals surface area contributed by atoms with Gasteiger partial charge in [0.15, 0.2) is 5.65 Å². The maximum Gasteiger partial charge on any atom is 0.156 e. The molecule has 0 spiro atoms. The lowest BCUT2D eigenvalue weighted by Gasteiger charge is -2.06. The Morgan fingerprint density at radius 3 is 2.52 bits per heavy atom. The van der Waals surface area contributed by atoms with Crippen LogP contribution >= 0.6 is 11.6 Å². The minimum Gasteiger partial charge on any atom is -0.338 e. The number of H-pyrrole nitrogens is 1. The van der Waals surface area contributed by atoms with Gasteiger partial charge in [0.1, 0.15) is 10.7 Å². The molecular formula is C18H13ClN4.